The molecule has 2 amide bonds. The number of amides is 2. The second-order valence-corrected chi connectivity index (χ2v) is 5.62. The van der Waals surface area contributed by atoms with Crippen molar-refractivity contribution in [2.75, 3.05) is 19.6 Å². The Morgan fingerprint density at radius 3 is 2.52 bits per heavy atom. The predicted octanol–water partition coefficient (Wildman–Crippen LogP) is 2.34. The molecule has 0 aromatic heterocycles. The minimum atomic E-state index is -0.833. The molecule has 0 bridgehead atoms. The van der Waals surface area contributed by atoms with Crippen LogP contribution in [0, 0.1) is 0 Å². The molecule has 0 atom stereocenters. The maximum atomic E-state index is 11.8. The molecule has 1 fully saturated rings. The van der Waals surface area contributed by atoms with Crippen molar-refractivity contribution in [3.8, 4) is 0 Å². The number of carboxylic acids is 1. The first-order chi connectivity index (χ1) is 11.0. The molecule has 0 saturated carbocycles. The van der Waals surface area contributed by atoms with Gasteiger partial charge in [-0.1, -0.05) is 25.8 Å². The number of carboxylic acid groups (broad SMARTS) is 1. The van der Waals surface area contributed by atoms with E-state index < -0.39 is 5.97 Å². The van der Waals surface area contributed by atoms with E-state index in [0.717, 1.165) is 65.0 Å². The molecule has 0 spiro atoms. The van der Waals surface area contributed by atoms with Gasteiger partial charge in [-0.2, -0.15) is 0 Å². The Balaban J connectivity index is 0.00000108. The topological polar surface area (TPSA) is 86.7 Å². The number of carbonyl (C=O) groups excluding carboxylic acids is 2. The highest BCUT2D eigenvalue weighted by molar-refractivity contribution is 5.86. The Morgan fingerprint density at radius 1 is 1.22 bits per heavy atom. The lowest BCUT2D eigenvalue weighted by molar-refractivity contribution is -0.134. The molecule has 23 heavy (non-hydrogen) atoms. The average Bonchev–Trinajstić information content (AvgIpc) is 2.70. The van der Waals surface area contributed by atoms with Gasteiger partial charge in [-0.15, -0.1) is 0 Å². The van der Waals surface area contributed by atoms with Crippen LogP contribution in [0.3, 0.4) is 0 Å². The molecule has 0 aliphatic carbocycles. The van der Waals surface area contributed by atoms with Crippen molar-refractivity contribution < 1.29 is 19.5 Å². The zero-order valence-corrected chi connectivity index (χ0v) is 14.2. The van der Waals surface area contributed by atoms with Crippen LogP contribution in [0.4, 0.5) is 0 Å². The van der Waals surface area contributed by atoms with Crippen molar-refractivity contribution in [2.24, 2.45) is 0 Å². The van der Waals surface area contributed by atoms with Crippen LogP contribution >= 0.6 is 0 Å². The van der Waals surface area contributed by atoms with Crippen LogP contribution in [-0.2, 0) is 14.4 Å². The van der Waals surface area contributed by atoms with Crippen molar-refractivity contribution in [2.45, 2.75) is 58.3 Å². The van der Waals surface area contributed by atoms with Gasteiger partial charge in [0.25, 0.3) is 5.97 Å². The van der Waals surface area contributed by atoms with Gasteiger partial charge in [0.15, 0.2) is 0 Å². The van der Waals surface area contributed by atoms with Gasteiger partial charge in [0.2, 0.25) is 11.8 Å². The van der Waals surface area contributed by atoms with Gasteiger partial charge in [-0.25, -0.2) is 0 Å². The van der Waals surface area contributed by atoms with E-state index in [-0.39, 0.29) is 5.91 Å². The maximum Gasteiger partial charge on any atom is 0.300 e. The highest BCUT2D eigenvalue weighted by atomic mass is 16.4. The molecule has 0 aromatic rings. The Labute approximate surface area is 138 Å². The van der Waals surface area contributed by atoms with Gasteiger partial charge in [0.1, 0.15) is 0 Å². The average molecular weight is 326 g/mol. The summed E-state index contributed by atoms with van der Waals surface area (Å²) in [5, 5.41) is 10.2. The molecule has 132 valence electrons. The number of likely N-dealkylation sites (tertiary alicyclic amines) is 1. The summed E-state index contributed by atoms with van der Waals surface area (Å²) >= 11 is 0. The van der Waals surface area contributed by atoms with Crippen molar-refractivity contribution in [3.63, 3.8) is 0 Å². The van der Waals surface area contributed by atoms with E-state index in [1.54, 1.807) is 0 Å². The van der Waals surface area contributed by atoms with Crippen LogP contribution in [0.2, 0.25) is 0 Å². The molecular weight excluding hydrogens is 296 g/mol. The van der Waals surface area contributed by atoms with Crippen molar-refractivity contribution in [3.05, 3.63) is 12.7 Å². The third-order valence-corrected chi connectivity index (χ3v) is 3.51. The summed E-state index contributed by atoms with van der Waals surface area (Å²) in [5.74, 6) is -0.606. The molecule has 6 nitrogen and oxygen atoms in total. The summed E-state index contributed by atoms with van der Waals surface area (Å²) in [4.78, 5) is 33.7. The van der Waals surface area contributed by atoms with E-state index in [4.69, 9.17) is 9.90 Å². The minimum Gasteiger partial charge on any atom is -0.481 e. The molecule has 1 rings (SSSR count). The van der Waals surface area contributed by atoms with Crippen LogP contribution in [0.15, 0.2) is 12.7 Å². The fourth-order valence-corrected chi connectivity index (χ4v) is 2.34. The van der Waals surface area contributed by atoms with Crippen LogP contribution < -0.4 is 5.32 Å². The van der Waals surface area contributed by atoms with Gasteiger partial charge < -0.3 is 15.3 Å². The number of nitrogens with zero attached hydrogens (tertiary/aromatic N) is 1. The Hall–Kier alpha value is -1.85. The van der Waals surface area contributed by atoms with E-state index in [2.05, 4.69) is 11.9 Å². The fraction of sp³-hybridized carbons (Fsp3) is 0.706. The zero-order valence-electron chi connectivity index (χ0n) is 14.2. The minimum absolute atomic E-state index is 0.102. The number of hydrogen-bond acceptors (Lipinski definition) is 3. The third kappa shape index (κ3) is 13.5. The zero-order chi connectivity index (χ0) is 17.5. The summed E-state index contributed by atoms with van der Waals surface area (Å²) in [6, 6.07) is 0. The highest BCUT2D eigenvalue weighted by Gasteiger charge is 2.15. The van der Waals surface area contributed by atoms with Crippen molar-refractivity contribution in [1.29, 1.82) is 0 Å². The van der Waals surface area contributed by atoms with Gasteiger partial charge in [0.05, 0.1) is 0 Å². The van der Waals surface area contributed by atoms with E-state index in [1.165, 1.54) is 12.5 Å². The van der Waals surface area contributed by atoms with Gasteiger partial charge in [-0.05, 0) is 31.8 Å². The Bertz CT molecular complexity index is 379. The monoisotopic (exact) mass is 326 g/mol. The van der Waals surface area contributed by atoms with Crippen LogP contribution in [0.25, 0.3) is 0 Å². The number of hydrogen-bond donors (Lipinski definition) is 2. The first kappa shape index (κ1) is 21.1. The second kappa shape index (κ2) is 13.8. The first-order valence-corrected chi connectivity index (χ1v) is 8.35. The lowest BCUT2D eigenvalue weighted by atomic mass is 10.2. The van der Waals surface area contributed by atoms with E-state index in [0.29, 0.717) is 12.5 Å². The highest BCUT2D eigenvalue weighted by Crippen LogP contribution is 2.12. The second-order valence-electron chi connectivity index (χ2n) is 5.62. The smallest absolute Gasteiger partial charge is 0.300 e. The summed E-state index contributed by atoms with van der Waals surface area (Å²) in [5.41, 5.74) is 0. The largest absolute Gasteiger partial charge is 0.481 e. The fourth-order valence-electron chi connectivity index (χ4n) is 2.34. The van der Waals surface area contributed by atoms with Crippen LogP contribution in [0.1, 0.15) is 58.3 Å². The molecular formula is C17H30N2O4. The quantitative estimate of drug-likeness (QED) is 0.529. The van der Waals surface area contributed by atoms with E-state index >= 15 is 0 Å². The van der Waals surface area contributed by atoms with Gasteiger partial charge in [-0.3, -0.25) is 14.4 Å². The van der Waals surface area contributed by atoms with Crippen LogP contribution in [0.5, 0.6) is 0 Å². The van der Waals surface area contributed by atoms with E-state index in [9.17, 15) is 9.59 Å². The molecule has 2 N–H and O–H groups in total. The Morgan fingerprint density at radius 2 is 1.87 bits per heavy atom. The summed E-state index contributed by atoms with van der Waals surface area (Å²) in [6.45, 7) is 7.04. The molecule has 1 aliphatic rings. The number of rotatable bonds is 8. The first-order valence-electron chi connectivity index (χ1n) is 8.35. The van der Waals surface area contributed by atoms with E-state index in [1.807, 2.05) is 4.90 Å². The number of aliphatic carboxylic acids is 1. The summed E-state index contributed by atoms with van der Waals surface area (Å²) in [6.07, 6.45) is 9.70. The maximum absolute atomic E-state index is 11.8. The molecule has 1 saturated heterocycles. The standard InChI is InChI=1S/C15H26N2O2.C2H4O2/c1-2-14(18)16-11-7-3-4-8-12-17-13-9-5-6-10-15(17)19;1-2(3)4/h2H,1,3-13H2,(H,16,18);1H3,(H,3,4). The summed E-state index contributed by atoms with van der Waals surface area (Å²) < 4.78 is 0. The molecule has 6 heteroatoms. The van der Waals surface area contributed by atoms with Gasteiger partial charge >= 0.3 is 0 Å². The molecule has 0 unspecified atom stereocenters. The predicted molar refractivity (Wildman–Crippen MR) is 90.0 cm³/mol. The van der Waals surface area contributed by atoms with Gasteiger partial charge in [0, 0.05) is 33.0 Å². The molecule has 1 heterocycles. The summed E-state index contributed by atoms with van der Waals surface area (Å²) in [7, 11) is 0. The lowest BCUT2D eigenvalue weighted by Gasteiger charge is -2.20. The number of nitrogens with one attached hydrogen (secondary N) is 1. The third-order valence-electron chi connectivity index (χ3n) is 3.51. The number of carbonyl (C=O) groups is 3. The molecule has 0 aromatic carbocycles. The lowest BCUT2D eigenvalue weighted by Crippen LogP contribution is -2.31. The Kier molecular flexibility index (Phi) is 12.7. The van der Waals surface area contributed by atoms with Crippen molar-refractivity contribution in [1.82, 2.24) is 10.2 Å². The molecule has 1 aliphatic heterocycles. The number of unbranched alkanes of at least 4 members (excludes halogenated alkanes) is 3. The molecule has 0 radical (unpaired) electrons. The normalized spacial score (nSPS) is 14.3. The van der Waals surface area contributed by atoms with Crippen LogP contribution in [-0.4, -0.2) is 47.4 Å². The van der Waals surface area contributed by atoms with Crippen molar-refractivity contribution >= 4 is 17.8 Å². The SMILES string of the molecule is C=CC(=O)NCCCCCCN1CCCCCC1=O.CC(=O)O.